The topological polar surface area (TPSA) is 125 Å². The summed E-state index contributed by atoms with van der Waals surface area (Å²) in [5.41, 5.74) is -0.0660. The van der Waals surface area contributed by atoms with Gasteiger partial charge in [-0.05, 0) is 11.5 Å². The standard InChI is InChI=1S/C11H8O3.Mo.H2N.2O/c12-10-8-4-2-1-3-7(8)5-6-9(10)11(13)14;;;;/h1-6,12H,(H,13,14);;1H2;;/q;;-1;;. The van der Waals surface area contributed by atoms with Crippen LogP contribution in [-0.2, 0) is 25.3 Å². The molecule has 2 aromatic rings. The van der Waals surface area contributed by atoms with E-state index >= 15 is 0 Å². The number of carboxylic acids is 1. The van der Waals surface area contributed by atoms with Crippen molar-refractivity contribution >= 4 is 16.7 Å². The summed E-state index contributed by atoms with van der Waals surface area (Å²) in [5.74, 6) is -1.29. The number of aromatic carboxylic acids is 1. The van der Waals surface area contributed by atoms with Gasteiger partial charge in [-0.3, -0.25) is 0 Å². The van der Waals surface area contributed by atoms with Crippen molar-refractivity contribution in [2.75, 3.05) is 0 Å². The van der Waals surface area contributed by atoms with E-state index in [4.69, 9.17) is 11.9 Å². The fraction of sp³-hybridized carbons (Fsp3) is 0. The van der Waals surface area contributed by atoms with Gasteiger partial charge < -0.3 is 16.4 Å². The van der Waals surface area contributed by atoms with Gasteiger partial charge in [-0.15, -0.1) is 0 Å². The zero-order chi connectivity index (χ0) is 12.8. The Labute approximate surface area is 111 Å². The molecule has 2 rings (SSSR count). The Balaban J connectivity index is 0.000000660. The fourth-order valence-electron chi connectivity index (χ4n) is 1.43. The summed E-state index contributed by atoms with van der Waals surface area (Å²) < 4.78 is 17.0. The van der Waals surface area contributed by atoms with Gasteiger partial charge in [0.1, 0.15) is 11.3 Å². The van der Waals surface area contributed by atoms with Crippen molar-refractivity contribution < 1.29 is 40.3 Å². The van der Waals surface area contributed by atoms with E-state index in [1.807, 2.05) is 12.1 Å². The number of fused-ring (bicyclic) bond motifs is 1. The summed E-state index contributed by atoms with van der Waals surface area (Å²) in [5, 5.41) is 19.8. The minimum absolute atomic E-state index is 0. The molecule has 96 valence electrons. The molecule has 0 radical (unpaired) electrons. The number of carboxylic acid groups (broad SMARTS) is 1. The number of nitrogens with two attached hydrogens (primary N) is 1. The van der Waals surface area contributed by atoms with Crippen LogP contribution in [0.25, 0.3) is 16.9 Å². The first-order chi connectivity index (χ1) is 8.11. The van der Waals surface area contributed by atoms with Gasteiger partial charge in [-0.1, -0.05) is 30.3 Å². The Morgan fingerprint density at radius 2 is 1.61 bits per heavy atom. The van der Waals surface area contributed by atoms with Crippen LogP contribution in [0.2, 0.25) is 0 Å². The van der Waals surface area contributed by atoms with Gasteiger partial charge in [-0.25, -0.2) is 4.79 Å². The van der Waals surface area contributed by atoms with Crippen LogP contribution in [0.15, 0.2) is 36.4 Å². The normalized spacial score (nSPS) is 8.67. The number of hydrogen-bond donors (Lipinski definition) is 2. The number of phenols is 1. The molecule has 18 heavy (non-hydrogen) atoms. The van der Waals surface area contributed by atoms with Gasteiger partial charge >= 0.3 is 31.3 Å². The van der Waals surface area contributed by atoms with Gasteiger partial charge in [0, 0.05) is 5.39 Å². The Kier molecular flexibility index (Phi) is 6.78. The summed E-state index contributed by atoms with van der Waals surface area (Å²) in [4.78, 5) is 10.7. The van der Waals surface area contributed by atoms with Crippen LogP contribution in [0.4, 0.5) is 0 Å². The third-order valence-electron chi connectivity index (χ3n) is 2.13. The van der Waals surface area contributed by atoms with Crippen LogP contribution in [0.1, 0.15) is 10.4 Å². The van der Waals surface area contributed by atoms with Crippen LogP contribution in [0.3, 0.4) is 0 Å². The molecule has 0 saturated carbocycles. The summed E-state index contributed by atoms with van der Waals surface area (Å²) >= 11 is -2.03. The van der Waals surface area contributed by atoms with Crippen LogP contribution in [0.5, 0.6) is 5.75 Å². The van der Waals surface area contributed by atoms with E-state index in [0.29, 0.717) is 5.39 Å². The molecule has 0 aliphatic carbocycles. The van der Waals surface area contributed by atoms with Crippen molar-refractivity contribution in [2.24, 2.45) is 0 Å². The third-order valence-corrected chi connectivity index (χ3v) is 2.13. The maximum absolute atomic E-state index is 10.7. The molecule has 0 saturated heterocycles. The van der Waals surface area contributed by atoms with Gasteiger partial charge in [0.15, 0.2) is 0 Å². The van der Waals surface area contributed by atoms with E-state index in [1.165, 1.54) is 6.07 Å². The second kappa shape index (κ2) is 7.53. The predicted octanol–water partition coefficient (Wildman–Crippen LogP) is 2.72. The molecule has 0 spiro atoms. The second-order valence-corrected chi connectivity index (χ2v) is 3.39. The number of aromatic hydroxyl groups is 1. The molecule has 0 aromatic heterocycles. The second-order valence-electron chi connectivity index (χ2n) is 3.06. The summed E-state index contributed by atoms with van der Waals surface area (Å²) in [6, 6.07) is 10.2. The molecule has 4 N–H and O–H groups in total. The summed E-state index contributed by atoms with van der Waals surface area (Å²) in [7, 11) is 0. The van der Waals surface area contributed by atoms with E-state index < -0.39 is 24.5 Å². The van der Waals surface area contributed by atoms with Crippen LogP contribution in [-0.4, -0.2) is 16.2 Å². The maximum atomic E-state index is 10.7. The molecule has 6 nitrogen and oxygen atoms in total. The van der Waals surface area contributed by atoms with Crippen molar-refractivity contribution in [2.45, 2.75) is 0 Å². The van der Waals surface area contributed by atoms with Gasteiger partial charge in [0.05, 0.1) is 0 Å². The Bertz CT molecular complexity index is 593. The zero-order valence-electron chi connectivity index (χ0n) is 9.07. The molecule has 0 atom stereocenters. The number of carbonyl (C=O) groups is 1. The Morgan fingerprint density at radius 1 is 1.06 bits per heavy atom. The van der Waals surface area contributed by atoms with Gasteiger partial charge in [0.2, 0.25) is 0 Å². The molecule has 7 heteroatoms. The summed E-state index contributed by atoms with van der Waals surface area (Å²) in [6.07, 6.45) is 0. The molecular formula is C11H10MoNO5-. The van der Waals surface area contributed by atoms with Crippen molar-refractivity contribution in [3.63, 3.8) is 0 Å². The quantitative estimate of drug-likeness (QED) is 0.777. The average Bonchev–Trinajstić information content (AvgIpc) is 2.30. The SMILES string of the molecule is O=C(O)c1ccc2ccccc2c1O.[NH2-].[O]=[Mo]=[O]. The van der Waals surface area contributed by atoms with Crippen LogP contribution >= 0.6 is 0 Å². The third kappa shape index (κ3) is 3.61. The number of hydrogen-bond acceptors (Lipinski definition) is 4. The molecule has 0 unspecified atom stereocenters. The first kappa shape index (κ1) is 16.2. The first-order valence-corrected chi connectivity index (χ1v) is 6.11. The molecule has 2 aromatic carbocycles. The molecule has 0 aliphatic rings. The van der Waals surface area contributed by atoms with E-state index in [0.717, 1.165) is 5.39 Å². The summed E-state index contributed by atoms with van der Waals surface area (Å²) in [6.45, 7) is 0. The molecule has 0 amide bonds. The van der Waals surface area contributed by atoms with Crippen molar-refractivity contribution in [1.82, 2.24) is 0 Å². The van der Waals surface area contributed by atoms with Crippen LogP contribution < -0.4 is 0 Å². The first-order valence-electron chi connectivity index (χ1n) is 4.47. The van der Waals surface area contributed by atoms with Gasteiger partial charge in [0.25, 0.3) is 0 Å². The van der Waals surface area contributed by atoms with Crippen LogP contribution in [0, 0.1) is 0 Å². The Hall–Kier alpha value is -1.78. The van der Waals surface area contributed by atoms with Crippen molar-refractivity contribution in [3.8, 4) is 5.75 Å². The predicted molar refractivity (Wildman–Crippen MR) is 59.2 cm³/mol. The molecular weight excluding hydrogens is 322 g/mol. The van der Waals surface area contributed by atoms with E-state index in [1.54, 1.807) is 18.2 Å². The molecule has 0 fully saturated rings. The molecule has 0 bridgehead atoms. The van der Waals surface area contributed by atoms with E-state index in [-0.39, 0.29) is 17.5 Å². The van der Waals surface area contributed by atoms with E-state index in [2.05, 4.69) is 0 Å². The monoisotopic (exact) mass is 334 g/mol. The zero-order valence-corrected chi connectivity index (χ0v) is 11.1. The molecule has 0 aliphatic heterocycles. The van der Waals surface area contributed by atoms with Crippen molar-refractivity contribution in [3.05, 3.63) is 48.1 Å². The number of rotatable bonds is 1. The average molecular weight is 332 g/mol. The molecule has 0 heterocycles. The minimum atomic E-state index is -2.03. The Morgan fingerprint density at radius 3 is 2.17 bits per heavy atom. The van der Waals surface area contributed by atoms with Crippen molar-refractivity contribution in [1.29, 1.82) is 0 Å². The fourth-order valence-corrected chi connectivity index (χ4v) is 1.43. The van der Waals surface area contributed by atoms with E-state index in [9.17, 15) is 9.90 Å². The van der Waals surface area contributed by atoms with Gasteiger partial charge in [-0.2, -0.15) is 0 Å². The number of benzene rings is 2.